The molecule has 0 aromatic carbocycles. The quantitative estimate of drug-likeness (QED) is 0.887. The van der Waals surface area contributed by atoms with Gasteiger partial charge in [0.25, 0.3) is 0 Å². The Bertz CT molecular complexity index is 590. The summed E-state index contributed by atoms with van der Waals surface area (Å²) in [6.45, 7) is 7.43. The van der Waals surface area contributed by atoms with Crippen molar-refractivity contribution in [3.05, 3.63) is 36.4 Å². The molecular weight excluding hydrogens is 264 g/mol. The van der Waals surface area contributed by atoms with Crippen molar-refractivity contribution in [3.63, 3.8) is 0 Å². The number of imidazole rings is 1. The van der Waals surface area contributed by atoms with Gasteiger partial charge in [0, 0.05) is 49.4 Å². The minimum atomic E-state index is 0.105. The van der Waals surface area contributed by atoms with Gasteiger partial charge in [0.2, 0.25) is 5.91 Å². The van der Waals surface area contributed by atoms with Crippen LogP contribution < -0.4 is 5.32 Å². The number of aromatic nitrogens is 3. The van der Waals surface area contributed by atoms with Crippen molar-refractivity contribution in [2.24, 2.45) is 5.92 Å². The summed E-state index contributed by atoms with van der Waals surface area (Å²) in [5, 5.41) is 2.96. The molecule has 1 amide bonds. The molecule has 0 bridgehead atoms. The lowest BCUT2D eigenvalue weighted by Gasteiger charge is -2.12. The molecule has 0 aliphatic carbocycles. The molecule has 5 heteroatoms. The lowest BCUT2D eigenvalue weighted by Crippen LogP contribution is -2.28. The number of pyridine rings is 1. The van der Waals surface area contributed by atoms with E-state index in [1.807, 2.05) is 39.1 Å². The first-order valence-corrected chi connectivity index (χ1v) is 7.27. The fourth-order valence-corrected chi connectivity index (χ4v) is 2.22. The first-order valence-electron chi connectivity index (χ1n) is 7.27. The van der Waals surface area contributed by atoms with Crippen molar-refractivity contribution in [2.75, 3.05) is 6.54 Å². The molecule has 0 atom stereocenters. The molecule has 21 heavy (non-hydrogen) atoms. The standard InChI is InChI=1S/C16H22N4O/c1-12(2)10-15(21)18-8-9-20-13(3)11-19-16(20)14-4-6-17-7-5-14/h4-7,11-12H,8-10H2,1-3H3,(H,18,21). The molecule has 2 aromatic rings. The fourth-order valence-electron chi connectivity index (χ4n) is 2.22. The van der Waals surface area contributed by atoms with Gasteiger partial charge >= 0.3 is 0 Å². The van der Waals surface area contributed by atoms with Crippen LogP contribution in [0.15, 0.2) is 30.7 Å². The topological polar surface area (TPSA) is 59.8 Å². The fraction of sp³-hybridized carbons (Fsp3) is 0.438. The Morgan fingerprint density at radius 2 is 2.05 bits per heavy atom. The third-order valence-corrected chi connectivity index (χ3v) is 3.24. The second kappa shape index (κ2) is 7.02. The Morgan fingerprint density at radius 3 is 2.71 bits per heavy atom. The molecule has 0 unspecified atom stereocenters. The van der Waals surface area contributed by atoms with Gasteiger partial charge in [-0.3, -0.25) is 9.78 Å². The highest BCUT2D eigenvalue weighted by Crippen LogP contribution is 2.18. The zero-order chi connectivity index (χ0) is 15.2. The molecule has 2 aromatic heterocycles. The van der Waals surface area contributed by atoms with Crippen molar-refractivity contribution < 1.29 is 4.79 Å². The molecule has 2 heterocycles. The smallest absolute Gasteiger partial charge is 0.220 e. The number of amides is 1. The summed E-state index contributed by atoms with van der Waals surface area (Å²) in [6, 6.07) is 3.88. The van der Waals surface area contributed by atoms with Crippen molar-refractivity contribution in [3.8, 4) is 11.4 Å². The molecule has 0 radical (unpaired) electrons. The second-order valence-electron chi connectivity index (χ2n) is 5.56. The molecule has 2 rings (SSSR count). The van der Waals surface area contributed by atoms with Gasteiger partial charge in [0.05, 0.1) is 0 Å². The highest BCUT2D eigenvalue weighted by molar-refractivity contribution is 5.76. The minimum absolute atomic E-state index is 0.105. The number of carbonyl (C=O) groups is 1. The largest absolute Gasteiger partial charge is 0.354 e. The lowest BCUT2D eigenvalue weighted by atomic mass is 10.1. The average Bonchev–Trinajstić information content (AvgIpc) is 2.80. The summed E-state index contributed by atoms with van der Waals surface area (Å²) < 4.78 is 2.12. The number of nitrogens with one attached hydrogen (secondary N) is 1. The van der Waals surface area contributed by atoms with Crippen LogP contribution in [0.5, 0.6) is 0 Å². The highest BCUT2D eigenvalue weighted by atomic mass is 16.1. The SMILES string of the molecule is Cc1cnc(-c2ccncc2)n1CCNC(=O)CC(C)C. The zero-order valence-electron chi connectivity index (χ0n) is 12.8. The van der Waals surface area contributed by atoms with Crippen molar-refractivity contribution >= 4 is 5.91 Å². The summed E-state index contributed by atoms with van der Waals surface area (Å²) in [4.78, 5) is 20.2. The molecule has 5 nitrogen and oxygen atoms in total. The van der Waals surface area contributed by atoms with Crippen molar-refractivity contribution in [1.29, 1.82) is 0 Å². The van der Waals surface area contributed by atoms with E-state index in [2.05, 4.69) is 19.9 Å². The van der Waals surface area contributed by atoms with E-state index in [0.717, 1.165) is 17.1 Å². The maximum atomic E-state index is 11.7. The molecule has 0 fully saturated rings. The van der Waals surface area contributed by atoms with Crippen LogP contribution in [-0.4, -0.2) is 27.0 Å². The van der Waals surface area contributed by atoms with Gasteiger partial charge in [-0.15, -0.1) is 0 Å². The van der Waals surface area contributed by atoms with Crippen LogP contribution in [-0.2, 0) is 11.3 Å². The first-order chi connectivity index (χ1) is 10.1. The van der Waals surface area contributed by atoms with E-state index in [4.69, 9.17) is 0 Å². The molecule has 0 aliphatic heterocycles. The molecule has 0 saturated heterocycles. The third-order valence-electron chi connectivity index (χ3n) is 3.24. The molecule has 0 spiro atoms. The maximum absolute atomic E-state index is 11.7. The molecule has 112 valence electrons. The Morgan fingerprint density at radius 1 is 1.33 bits per heavy atom. The van der Waals surface area contributed by atoms with Gasteiger partial charge in [-0.2, -0.15) is 0 Å². The van der Waals surface area contributed by atoms with Crippen LogP contribution in [0.3, 0.4) is 0 Å². The molecule has 0 aliphatic rings. The van der Waals surface area contributed by atoms with E-state index >= 15 is 0 Å². The summed E-state index contributed by atoms with van der Waals surface area (Å²) in [5.41, 5.74) is 2.12. The van der Waals surface area contributed by atoms with Gasteiger partial charge < -0.3 is 9.88 Å². The monoisotopic (exact) mass is 286 g/mol. The number of hydrogen-bond acceptors (Lipinski definition) is 3. The van der Waals surface area contributed by atoms with Crippen LogP contribution in [0.1, 0.15) is 26.0 Å². The first kappa shape index (κ1) is 15.2. The minimum Gasteiger partial charge on any atom is -0.354 e. The Hall–Kier alpha value is -2.17. The Balaban J connectivity index is 2.01. The zero-order valence-corrected chi connectivity index (χ0v) is 12.8. The number of nitrogens with zero attached hydrogens (tertiary/aromatic N) is 3. The van der Waals surface area contributed by atoms with Crippen LogP contribution in [0.2, 0.25) is 0 Å². The molecule has 0 saturated carbocycles. The van der Waals surface area contributed by atoms with Crippen LogP contribution in [0, 0.1) is 12.8 Å². The summed E-state index contributed by atoms with van der Waals surface area (Å²) in [5.74, 6) is 1.40. The van der Waals surface area contributed by atoms with E-state index < -0.39 is 0 Å². The molecule has 1 N–H and O–H groups in total. The summed E-state index contributed by atoms with van der Waals surface area (Å²) >= 11 is 0. The van der Waals surface area contributed by atoms with Crippen molar-refractivity contribution in [1.82, 2.24) is 19.9 Å². The van der Waals surface area contributed by atoms with Gasteiger partial charge in [0.1, 0.15) is 5.82 Å². The normalized spacial score (nSPS) is 10.9. The molecular formula is C16H22N4O. The van der Waals surface area contributed by atoms with Gasteiger partial charge in [0.15, 0.2) is 0 Å². The Labute approximate surface area is 125 Å². The lowest BCUT2D eigenvalue weighted by molar-refractivity contribution is -0.121. The highest BCUT2D eigenvalue weighted by Gasteiger charge is 2.10. The number of rotatable bonds is 6. The van der Waals surface area contributed by atoms with Crippen molar-refractivity contribution in [2.45, 2.75) is 33.7 Å². The summed E-state index contributed by atoms with van der Waals surface area (Å²) in [6.07, 6.45) is 5.94. The number of carbonyl (C=O) groups excluding carboxylic acids is 1. The van der Waals surface area contributed by atoms with E-state index in [1.54, 1.807) is 12.4 Å². The van der Waals surface area contributed by atoms with E-state index in [1.165, 1.54) is 0 Å². The van der Waals surface area contributed by atoms with Gasteiger partial charge in [-0.1, -0.05) is 13.8 Å². The predicted octanol–water partition coefficient (Wildman–Crippen LogP) is 2.42. The predicted molar refractivity (Wildman–Crippen MR) is 82.7 cm³/mol. The number of hydrogen-bond donors (Lipinski definition) is 1. The van der Waals surface area contributed by atoms with Crippen LogP contribution >= 0.6 is 0 Å². The maximum Gasteiger partial charge on any atom is 0.220 e. The Kier molecular flexibility index (Phi) is 5.09. The average molecular weight is 286 g/mol. The second-order valence-corrected chi connectivity index (χ2v) is 5.56. The van der Waals surface area contributed by atoms with E-state index in [9.17, 15) is 4.79 Å². The number of aryl methyl sites for hydroxylation is 1. The van der Waals surface area contributed by atoms with Crippen LogP contribution in [0.4, 0.5) is 0 Å². The van der Waals surface area contributed by atoms with Gasteiger partial charge in [-0.05, 0) is 25.0 Å². The third kappa shape index (κ3) is 4.15. The van der Waals surface area contributed by atoms with E-state index in [-0.39, 0.29) is 5.91 Å². The summed E-state index contributed by atoms with van der Waals surface area (Å²) in [7, 11) is 0. The van der Waals surface area contributed by atoms with Crippen LogP contribution in [0.25, 0.3) is 11.4 Å². The van der Waals surface area contributed by atoms with Gasteiger partial charge in [-0.25, -0.2) is 4.98 Å². The van der Waals surface area contributed by atoms with E-state index in [0.29, 0.717) is 25.4 Å².